The summed E-state index contributed by atoms with van der Waals surface area (Å²) in [5, 5.41) is 0. The number of carbonyl (C=O) groups is 3. The highest BCUT2D eigenvalue weighted by Crippen LogP contribution is 2.14. The van der Waals surface area contributed by atoms with Crippen LogP contribution in [0.5, 0.6) is 0 Å². The number of rotatable bonds is 47. The zero-order valence-corrected chi connectivity index (χ0v) is 40.4. The van der Waals surface area contributed by atoms with Crippen LogP contribution in [0, 0.1) is 0 Å². The normalized spacial score (nSPS) is 12.4. The van der Waals surface area contributed by atoms with Crippen LogP contribution in [0.4, 0.5) is 0 Å². The molecule has 0 saturated heterocycles. The average molecular weight is 855 g/mol. The molecule has 61 heavy (non-hydrogen) atoms. The maximum absolute atomic E-state index is 12.8. The molecule has 0 aliphatic rings. The van der Waals surface area contributed by atoms with Crippen molar-refractivity contribution in [2.75, 3.05) is 13.2 Å². The molecule has 6 nitrogen and oxygen atoms in total. The lowest BCUT2D eigenvalue weighted by Crippen LogP contribution is -2.30. The molecule has 0 amide bonds. The summed E-state index contributed by atoms with van der Waals surface area (Å²) in [6.07, 6.45) is 59.4. The predicted octanol–water partition coefficient (Wildman–Crippen LogP) is 17.1. The number of esters is 3. The molecule has 0 rings (SSSR count). The molecule has 0 heterocycles. The van der Waals surface area contributed by atoms with Gasteiger partial charge in [0, 0.05) is 19.3 Å². The van der Waals surface area contributed by atoms with E-state index in [9.17, 15) is 14.4 Å². The molecule has 0 aliphatic carbocycles. The summed E-state index contributed by atoms with van der Waals surface area (Å²) < 4.78 is 16.8. The summed E-state index contributed by atoms with van der Waals surface area (Å²) in [5.74, 6) is -0.901. The molecule has 0 aliphatic heterocycles. The first kappa shape index (κ1) is 58.4. The van der Waals surface area contributed by atoms with Gasteiger partial charge >= 0.3 is 17.9 Å². The van der Waals surface area contributed by atoms with Crippen LogP contribution < -0.4 is 0 Å². The molecule has 6 heteroatoms. The van der Waals surface area contributed by atoms with Crippen molar-refractivity contribution >= 4 is 17.9 Å². The van der Waals surface area contributed by atoms with Crippen molar-refractivity contribution in [2.24, 2.45) is 0 Å². The van der Waals surface area contributed by atoms with E-state index in [-0.39, 0.29) is 31.1 Å². The van der Waals surface area contributed by atoms with Gasteiger partial charge in [-0.15, -0.1) is 0 Å². The Labute approximate surface area is 378 Å². The number of ether oxygens (including phenoxy) is 3. The Hall–Kier alpha value is -2.63. The molecule has 354 valence electrons. The Morgan fingerprint density at radius 3 is 0.951 bits per heavy atom. The largest absolute Gasteiger partial charge is 0.462 e. The van der Waals surface area contributed by atoms with E-state index < -0.39 is 6.10 Å². The van der Waals surface area contributed by atoms with Crippen LogP contribution in [-0.4, -0.2) is 37.2 Å². The predicted molar refractivity (Wildman–Crippen MR) is 261 cm³/mol. The monoisotopic (exact) mass is 855 g/mol. The quantitative estimate of drug-likeness (QED) is 0.0263. The van der Waals surface area contributed by atoms with Gasteiger partial charge in [-0.3, -0.25) is 14.4 Å². The zero-order valence-electron chi connectivity index (χ0n) is 40.4. The minimum absolute atomic E-state index is 0.0825. The third kappa shape index (κ3) is 48.3. The lowest BCUT2D eigenvalue weighted by molar-refractivity contribution is -0.167. The third-order valence-electron chi connectivity index (χ3n) is 11.3. The summed E-state index contributed by atoms with van der Waals surface area (Å²) in [4.78, 5) is 38.0. The maximum atomic E-state index is 12.8. The summed E-state index contributed by atoms with van der Waals surface area (Å²) in [7, 11) is 0. The molecule has 0 saturated carbocycles. The Bertz CT molecular complexity index is 1070. The second-order valence-corrected chi connectivity index (χ2v) is 17.4. The summed E-state index contributed by atoms with van der Waals surface area (Å²) in [6, 6.07) is 0. The summed E-state index contributed by atoms with van der Waals surface area (Å²) in [6.45, 7) is 6.57. The fraction of sp³-hybridized carbons (Fsp3) is 0.800. The van der Waals surface area contributed by atoms with Crippen molar-refractivity contribution in [3.8, 4) is 0 Å². The molecule has 1 unspecified atom stereocenters. The Morgan fingerprint density at radius 1 is 0.328 bits per heavy atom. The average Bonchev–Trinajstić information content (AvgIpc) is 3.26. The van der Waals surface area contributed by atoms with Crippen LogP contribution in [0.25, 0.3) is 0 Å². The number of allylic oxidation sites excluding steroid dienone is 8. The minimum atomic E-state index is -0.782. The lowest BCUT2D eigenvalue weighted by Gasteiger charge is -2.18. The van der Waals surface area contributed by atoms with E-state index in [1.807, 2.05) is 0 Å². The van der Waals surface area contributed by atoms with E-state index in [0.717, 1.165) is 89.9 Å². The Balaban J connectivity index is 4.38. The Morgan fingerprint density at radius 2 is 0.590 bits per heavy atom. The van der Waals surface area contributed by atoms with Gasteiger partial charge in [-0.2, -0.15) is 0 Å². The van der Waals surface area contributed by atoms with Gasteiger partial charge in [-0.05, 0) is 103 Å². The van der Waals surface area contributed by atoms with Crippen molar-refractivity contribution in [3.63, 3.8) is 0 Å². The smallest absolute Gasteiger partial charge is 0.306 e. The fourth-order valence-electron chi connectivity index (χ4n) is 7.28. The van der Waals surface area contributed by atoms with Gasteiger partial charge in [0.2, 0.25) is 0 Å². The van der Waals surface area contributed by atoms with Crippen LogP contribution in [-0.2, 0) is 28.6 Å². The van der Waals surface area contributed by atoms with Gasteiger partial charge < -0.3 is 14.2 Å². The topological polar surface area (TPSA) is 78.9 Å². The van der Waals surface area contributed by atoms with Gasteiger partial charge in [0.15, 0.2) is 6.10 Å². The van der Waals surface area contributed by atoms with Gasteiger partial charge in [-0.1, -0.05) is 191 Å². The van der Waals surface area contributed by atoms with E-state index in [4.69, 9.17) is 14.2 Å². The number of hydrogen-bond donors (Lipinski definition) is 0. The number of unbranched alkanes of at least 4 members (excludes halogenated alkanes) is 28. The third-order valence-corrected chi connectivity index (χ3v) is 11.3. The molecule has 0 radical (unpaired) electrons. The Kier molecular flexibility index (Phi) is 47.9. The van der Waals surface area contributed by atoms with Crippen molar-refractivity contribution in [3.05, 3.63) is 48.6 Å². The van der Waals surface area contributed by atoms with E-state index in [0.29, 0.717) is 19.3 Å². The van der Waals surface area contributed by atoms with Gasteiger partial charge in [0.05, 0.1) is 0 Å². The summed E-state index contributed by atoms with van der Waals surface area (Å²) >= 11 is 0. The van der Waals surface area contributed by atoms with Crippen molar-refractivity contribution in [1.82, 2.24) is 0 Å². The molecule has 0 aromatic carbocycles. The van der Waals surface area contributed by atoms with Crippen LogP contribution in [0.15, 0.2) is 48.6 Å². The van der Waals surface area contributed by atoms with Gasteiger partial charge in [0.1, 0.15) is 13.2 Å². The van der Waals surface area contributed by atoms with E-state index >= 15 is 0 Å². The molecule has 0 spiro atoms. The molecule has 0 aromatic heterocycles. The molecule has 1 atom stereocenters. The maximum Gasteiger partial charge on any atom is 0.306 e. The standard InChI is InChI=1S/C55H98O6/c1-4-7-10-13-16-19-22-25-27-28-29-31-33-36-39-42-45-48-54(57)60-51-52(50-59-53(56)47-44-41-38-35-32-24-21-18-15-12-9-6-3)61-55(58)49-46-43-40-37-34-30-26-23-20-17-14-11-8-5-2/h16,18-19,21,23,25-27,52H,4-15,17,20,22,24,28-51H2,1-3H3/b19-16-,21-18-,26-23-,27-25-. The molecule has 0 aromatic rings. The molecule has 0 fully saturated rings. The van der Waals surface area contributed by atoms with Crippen LogP contribution in [0.1, 0.15) is 265 Å². The molecular formula is C55H98O6. The molecule has 0 N–H and O–H groups in total. The van der Waals surface area contributed by atoms with Crippen molar-refractivity contribution in [1.29, 1.82) is 0 Å². The van der Waals surface area contributed by atoms with E-state index in [2.05, 4.69) is 69.4 Å². The number of carbonyl (C=O) groups excluding carboxylic acids is 3. The van der Waals surface area contributed by atoms with Crippen molar-refractivity contribution < 1.29 is 28.6 Å². The fourth-order valence-corrected chi connectivity index (χ4v) is 7.28. The highest BCUT2D eigenvalue weighted by Gasteiger charge is 2.19. The SMILES string of the molecule is CCCCC/C=C\C/C=C\CCCCCCCCCC(=O)OCC(COC(=O)CCCCCCC/C=C\CCCCC)OC(=O)CCCCCCC/C=C\CCCCCCC. The number of hydrogen-bond acceptors (Lipinski definition) is 6. The first-order valence-electron chi connectivity index (χ1n) is 26.1. The second kappa shape index (κ2) is 50.0. The summed E-state index contributed by atoms with van der Waals surface area (Å²) in [5.41, 5.74) is 0. The molecular weight excluding hydrogens is 757 g/mol. The first-order chi connectivity index (χ1) is 30.0. The van der Waals surface area contributed by atoms with E-state index in [1.54, 1.807) is 0 Å². The van der Waals surface area contributed by atoms with Crippen molar-refractivity contribution in [2.45, 2.75) is 271 Å². The van der Waals surface area contributed by atoms with Crippen LogP contribution in [0.2, 0.25) is 0 Å². The first-order valence-corrected chi connectivity index (χ1v) is 26.1. The lowest BCUT2D eigenvalue weighted by atomic mass is 10.1. The highest BCUT2D eigenvalue weighted by atomic mass is 16.6. The second-order valence-electron chi connectivity index (χ2n) is 17.4. The van der Waals surface area contributed by atoms with Gasteiger partial charge in [-0.25, -0.2) is 0 Å². The zero-order chi connectivity index (χ0) is 44.4. The van der Waals surface area contributed by atoms with Crippen LogP contribution >= 0.6 is 0 Å². The minimum Gasteiger partial charge on any atom is -0.462 e. The van der Waals surface area contributed by atoms with E-state index in [1.165, 1.54) is 135 Å². The van der Waals surface area contributed by atoms with Crippen LogP contribution in [0.3, 0.4) is 0 Å². The highest BCUT2D eigenvalue weighted by molar-refractivity contribution is 5.71. The van der Waals surface area contributed by atoms with Gasteiger partial charge in [0.25, 0.3) is 0 Å². The molecule has 0 bridgehead atoms.